The topological polar surface area (TPSA) is 549 Å². The Balaban J connectivity index is 2.72. The van der Waals surface area contributed by atoms with E-state index in [1.807, 2.05) is 5.32 Å². The molecular weight excluding hydrogens is 1080 g/mol. The highest BCUT2D eigenvalue weighted by Crippen LogP contribution is 2.12. The van der Waals surface area contributed by atoms with Gasteiger partial charge in [-0.25, -0.2) is 4.79 Å². The zero-order valence-corrected chi connectivity index (χ0v) is 46.7. The standard InChI is InChI=1S/C50H86N18O14/c1-25(2)23-35-45(77)61-30(12-17-51)39(71)60-33(15-20-54)44(76)67-37(26(3)69)47(79)57-22-16-34(42(74)59-31(13-18-52)41(73)65-36(46(78)64-35)24-28-9-6-5-7-10-28)62-40(72)32(14-19-53)63-48(80)38(27(4)70)68-43(75)29(66-50(81)82)11-8-21-58-49(55)56/h5-7,9-10,25-27,29-38,66,69-70H,8,11-24,51-54H2,1-4H3,(H,57,79)(H,59,74)(H,60,71)(H,61,77)(H,62,72)(H,63,80)(H,64,78)(H,65,73)(H,67,76)(H,68,75)(H,81,82)(H4,55,56,58)/t26-,27-,29+,30+,31+,32+,33+,34+,35+,36-,37+,38+/m1/s1. The van der Waals surface area contributed by atoms with Gasteiger partial charge in [0, 0.05) is 19.5 Å². The summed E-state index contributed by atoms with van der Waals surface area (Å²) in [7, 11) is 0. The van der Waals surface area contributed by atoms with Gasteiger partial charge in [0.05, 0.1) is 12.2 Å². The molecule has 32 heteroatoms. The van der Waals surface area contributed by atoms with Crippen molar-refractivity contribution in [3.8, 4) is 0 Å². The van der Waals surface area contributed by atoms with Crippen LogP contribution in [-0.4, -0.2) is 198 Å². The SMILES string of the molecule is CC(C)C[C@@H]1NC(=O)[C@@H](Cc2ccccc2)NC(=O)[C@H](CCN)NC(=O)[C@@H](NC(=O)[C@H](CCN)NC(=O)[C@@H](NC(=O)[C@H](CCCN=C(N)N)NC(=O)O)[C@@H](C)O)CCNC(=O)[C@H]([C@@H](C)O)NC(=O)[C@H](CCN)NC(=O)[C@H](CCN)NC1=O. The lowest BCUT2D eigenvalue weighted by Crippen LogP contribution is -2.62. The summed E-state index contributed by atoms with van der Waals surface area (Å²) in [5, 5.41) is 57.8. The molecule has 1 aliphatic rings. The Hall–Kier alpha value is -7.78. The minimum absolute atomic E-state index is 0.0144. The molecule has 1 aromatic rings. The van der Waals surface area contributed by atoms with Crippen LogP contribution in [0.5, 0.6) is 0 Å². The zero-order chi connectivity index (χ0) is 61.6. The Bertz CT molecular complexity index is 2330. The number of nitrogens with zero attached hydrogens (tertiary/aromatic N) is 1. The molecule has 82 heavy (non-hydrogen) atoms. The van der Waals surface area contributed by atoms with E-state index >= 15 is 0 Å². The van der Waals surface area contributed by atoms with Gasteiger partial charge in [-0.3, -0.25) is 52.9 Å². The van der Waals surface area contributed by atoms with Crippen LogP contribution < -0.4 is 92.9 Å². The minimum Gasteiger partial charge on any atom is -0.465 e. The van der Waals surface area contributed by atoms with Crippen molar-refractivity contribution in [2.45, 2.75) is 158 Å². The lowest BCUT2D eigenvalue weighted by atomic mass is 10.00. The van der Waals surface area contributed by atoms with Crippen LogP contribution in [0.2, 0.25) is 0 Å². The summed E-state index contributed by atoms with van der Waals surface area (Å²) >= 11 is 0. The predicted molar refractivity (Wildman–Crippen MR) is 298 cm³/mol. The number of amides is 11. The van der Waals surface area contributed by atoms with Crippen molar-refractivity contribution in [3.05, 3.63) is 35.9 Å². The fourth-order valence-corrected chi connectivity index (χ4v) is 8.36. The lowest BCUT2D eigenvalue weighted by molar-refractivity contribution is -0.136. The van der Waals surface area contributed by atoms with E-state index in [2.05, 4.69) is 58.2 Å². The summed E-state index contributed by atoms with van der Waals surface area (Å²) in [5.74, 6) is -10.3. The van der Waals surface area contributed by atoms with Crippen LogP contribution in [0.1, 0.15) is 84.6 Å². The van der Waals surface area contributed by atoms with Crippen LogP contribution in [-0.2, 0) is 54.4 Å². The molecule has 12 atom stereocenters. The molecule has 0 spiro atoms. The van der Waals surface area contributed by atoms with Crippen LogP contribution in [0.25, 0.3) is 0 Å². The molecule has 0 radical (unpaired) electrons. The van der Waals surface area contributed by atoms with Gasteiger partial charge in [-0.1, -0.05) is 44.2 Å². The molecule has 0 saturated carbocycles. The fraction of sp³-hybridized carbons (Fsp3) is 0.640. The average Bonchev–Trinajstić information content (AvgIpc) is 3.40. The molecule has 2 rings (SSSR count). The molecule has 0 unspecified atom stereocenters. The van der Waals surface area contributed by atoms with Crippen LogP contribution in [0.4, 0.5) is 4.79 Å². The zero-order valence-electron chi connectivity index (χ0n) is 46.7. The summed E-state index contributed by atoms with van der Waals surface area (Å²) in [6.07, 6.45) is -6.38. The molecule has 1 saturated heterocycles. The summed E-state index contributed by atoms with van der Waals surface area (Å²) in [6, 6.07) is -6.89. The smallest absolute Gasteiger partial charge is 0.405 e. The summed E-state index contributed by atoms with van der Waals surface area (Å²) in [5.41, 5.74) is 34.7. The first-order chi connectivity index (χ1) is 38.8. The van der Waals surface area contributed by atoms with E-state index in [1.165, 1.54) is 6.92 Å². The van der Waals surface area contributed by atoms with E-state index in [0.717, 1.165) is 6.92 Å². The van der Waals surface area contributed by atoms with Crippen molar-refractivity contribution in [1.29, 1.82) is 0 Å². The second-order valence-electron chi connectivity index (χ2n) is 20.0. The number of nitrogens with two attached hydrogens (primary N) is 6. The number of carbonyl (C=O) groups excluding carboxylic acids is 10. The van der Waals surface area contributed by atoms with Crippen LogP contribution in [0.15, 0.2) is 35.3 Å². The maximum atomic E-state index is 14.5. The Morgan fingerprint density at radius 1 is 0.610 bits per heavy atom. The lowest BCUT2D eigenvalue weighted by Gasteiger charge is -2.29. The number of hydrogen-bond donors (Lipinski definition) is 20. The van der Waals surface area contributed by atoms with E-state index in [0.29, 0.717) is 5.56 Å². The average molecular weight is 1160 g/mol. The first kappa shape index (κ1) is 70.3. The van der Waals surface area contributed by atoms with Gasteiger partial charge >= 0.3 is 6.09 Å². The summed E-state index contributed by atoms with van der Waals surface area (Å²) < 4.78 is 0. The molecule has 1 aromatic carbocycles. The van der Waals surface area contributed by atoms with E-state index in [-0.39, 0.29) is 96.0 Å². The van der Waals surface area contributed by atoms with Gasteiger partial charge < -0.3 is 108 Å². The number of benzene rings is 1. The molecule has 0 aliphatic carbocycles. The van der Waals surface area contributed by atoms with Gasteiger partial charge in [-0.15, -0.1) is 0 Å². The summed E-state index contributed by atoms with van der Waals surface area (Å²) in [4.78, 5) is 155. The van der Waals surface area contributed by atoms with E-state index < -0.39 is 151 Å². The quantitative estimate of drug-likeness (QED) is 0.0246. The van der Waals surface area contributed by atoms with Crippen LogP contribution in [0.3, 0.4) is 0 Å². The second kappa shape index (κ2) is 36.5. The van der Waals surface area contributed by atoms with Gasteiger partial charge in [-0.05, 0) is 103 Å². The molecule has 1 fully saturated rings. The molecule has 0 aromatic heterocycles. The normalized spacial score (nSPS) is 22.8. The number of aliphatic imine (C=N–C) groups is 1. The molecule has 11 amide bonds. The third-order valence-corrected chi connectivity index (χ3v) is 12.7. The van der Waals surface area contributed by atoms with Crippen LogP contribution >= 0.6 is 0 Å². The first-order valence-electron chi connectivity index (χ1n) is 27.0. The number of carbonyl (C=O) groups is 11. The minimum atomic E-state index is -1.81. The van der Waals surface area contributed by atoms with E-state index in [1.54, 1.807) is 44.2 Å². The number of nitrogens with one attached hydrogen (secondary N) is 11. The highest BCUT2D eigenvalue weighted by atomic mass is 16.4. The number of guanidine groups is 1. The van der Waals surface area contributed by atoms with E-state index in [9.17, 15) is 68.1 Å². The van der Waals surface area contributed by atoms with E-state index in [4.69, 9.17) is 34.4 Å². The van der Waals surface area contributed by atoms with Crippen molar-refractivity contribution in [2.75, 3.05) is 39.3 Å². The number of hydrogen-bond acceptors (Lipinski definition) is 18. The van der Waals surface area contributed by atoms with Gasteiger partial charge in [-0.2, -0.15) is 0 Å². The van der Waals surface area contributed by atoms with Gasteiger partial charge in [0.2, 0.25) is 59.1 Å². The number of carboxylic acid groups (broad SMARTS) is 1. The third-order valence-electron chi connectivity index (χ3n) is 12.7. The second-order valence-corrected chi connectivity index (χ2v) is 20.0. The molecule has 1 heterocycles. The predicted octanol–water partition coefficient (Wildman–Crippen LogP) is -8.00. The maximum Gasteiger partial charge on any atom is 0.405 e. The first-order valence-corrected chi connectivity index (χ1v) is 27.0. The largest absolute Gasteiger partial charge is 0.465 e. The van der Waals surface area contributed by atoms with Crippen molar-refractivity contribution in [1.82, 2.24) is 58.5 Å². The number of aliphatic hydroxyl groups is 2. The fourth-order valence-electron chi connectivity index (χ4n) is 8.36. The number of aliphatic hydroxyl groups excluding tert-OH is 2. The molecule has 460 valence electrons. The third kappa shape index (κ3) is 24.9. The Morgan fingerprint density at radius 3 is 1.61 bits per heavy atom. The Morgan fingerprint density at radius 2 is 1.11 bits per heavy atom. The molecule has 26 N–H and O–H groups in total. The van der Waals surface area contributed by atoms with Gasteiger partial charge in [0.1, 0.15) is 60.4 Å². The van der Waals surface area contributed by atoms with Crippen molar-refractivity contribution in [3.63, 3.8) is 0 Å². The highest BCUT2D eigenvalue weighted by Gasteiger charge is 2.37. The van der Waals surface area contributed by atoms with Crippen molar-refractivity contribution in [2.24, 2.45) is 45.3 Å². The molecule has 1 aliphatic heterocycles. The number of rotatable bonds is 25. The molecule has 0 bridgehead atoms. The van der Waals surface area contributed by atoms with Crippen molar-refractivity contribution < 1.29 is 68.1 Å². The van der Waals surface area contributed by atoms with Gasteiger partial charge in [0.15, 0.2) is 5.96 Å². The Kier molecular flexibility index (Phi) is 31.3. The van der Waals surface area contributed by atoms with Crippen LogP contribution in [0, 0.1) is 5.92 Å². The Labute approximate surface area is 475 Å². The highest BCUT2D eigenvalue weighted by molar-refractivity contribution is 5.99. The monoisotopic (exact) mass is 1160 g/mol. The summed E-state index contributed by atoms with van der Waals surface area (Å²) in [6.45, 7) is 4.61. The maximum absolute atomic E-state index is 14.5. The molecular formula is C50H86N18O14. The van der Waals surface area contributed by atoms with Gasteiger partial charge in [0.25, 0.3) is 0 Å². The van der Waals surface area contributed by atoms with Crippen molar-refractivity contribution >= 4 is 71.1 Å². The molecule has 32 nitrogen and oxygen atoms in total.